The van der Waals surface area contributed by atoms with Crippen LogP contribution in [-0.2, 0) is 4.79 Å². The van der Waals surface area contributed by atoms with E-state index in [9.17, 15) is 14.4 Å². The van der Waals surface area contributed by atoms with Crippen LogP contribution in [0.15, 0.2) is 77.9 Å². The molecule has 0 atom stereocenters. The molecule has 26 heavy (non-hydrogen) atoms. The molecule has 0 saturated carbocycles. The highest BCUT2D eigenvalue weighted by molar-refractivity contribution is 5.99. The number of hydrogen-bond donors (Lipinski definition) is 3. The van der Waals surface area contributed by atoms with Gasteiger partial charge in [-0.2, -0.15) is 0 Å². The van der Waals surface area contributed by atoms with Gasteiger partial charge in [0.25, 0.3) is 5.91 Å². The zero-order valence-corrected chi connectivity index (χ0v) is 13.9. The number of aromatic amines is 1. The van der Waals surface area contributed by atoms with Crippen LogP contribution in [0.25, 0.3) is 11.1 Å². The fourth-order valence-corrected chi connectivity index (χ4v) is 2.42. The van der Waals surface area contributed by atoms with Gasteiger partial charge in [0, 0.05) is 24.0 Å². The van der Waals surface area contributed by atoms with E-state index in [1.54, 1.807) is 12.1 Å². The van der Waals surface area contributed by atoms with E-state index in [1.165, 1.54) is 18.5 Å². The summed E-state index contributed by atoms with van der Waals surface area (Å²) >= 11 is 0. The van der Waals surface area contributed by atoms with E-state index >= 15 is 0 Å². The molecule has 3 aromatic rings. The van der Waals surface area contributed by atoms with Crippen molar-refractivity contribution in [2.45, 2.75) is 0 Å². The molecule has 0 radical (unpaired) electrons. The molecule has 0 saturated heterocycles. The number of H-pyrrole nitrogens is 1. The van der Waals surface area contributed by atoms with Crippen LogP contribution in [0.5, 0.6) is 0 Å². The summed E-state index contributed by atoms with van der Waals surface area (Å²) in [7, 11) is 0. The predicted octanol–water partition coefficient (Wildman–Crippen LogP) is 2.41. The van der Waals surface area contributed by atoms with E-state index in [2.05, 4.69) is 15.6 Å². The molecule has 3 rings (SSSR count). The SMILES string of the molecule is O=C(CNC(=O)c1ccc(-c2ccccc2)cc1)Nc1c[nH]ccc1=O. The van der Waals surface area contributed by atoms with Crippen molar-refractivity contribution in [3.63, 3.8) is 0 Å². The first-order valence-electron chi connectivity index (χ1n) is 8.04. The zero-order valence-electron chi connectivity index (χ0n) is 13.9. The molecule has 3 N–H and O–H groups in total. The first-order chi connectivity index (χ1) is 12.6. The second-order valence-electron chi connectivity index (χ2n) is 5.60. The fourth-order valence-electron chi connectivity index (χ4n) is 2.42. The Morgan fingerprint density at radius 3 is 2.27 bits per heavy atom. The second-order valence-corrected chi connectivity index (χ2v) is 5.60. The number of carbonyl (C=O) groups is 2. The lowest BCUT2D eigenvalue weighted by molar-refractivity contribution is -0.115. The van der Waals surface area contributed by atoms with Gasteiger partial charge >= 0.3 is 0 Å². The Kier molecular flexibility index (Phi) is 5.24. The Balaban J connectivity index is 1.57. The number of hydrogen-bond acceptors (Lipinski definition) is 3. The van der Waals surface area contributed by atoms with Crippen molar-refractivity contribution in [2.75, 3.05) is 11.9 Å². The summed E-state index contributed by atoms with van der Waals surface area (Å²) in [5.41, 5.74) is 2.35. The van der Waals surface area contributed by atoms with Crippen LogP contribution in [0.3, 0.4) is 0 Å². The van der Waals surface area contributed by atoms with Gasteiger partial charge < -0.3 is 15.6 Å². The first kappa shape index (κ1) is 17.2. The van der Waals surface area contributed by atoms with Crippen molar-refractivity contribution < 1.29 is 9.59 Å². The quantitative estimate of drug-likeness (QED) is 0.662. The van der Waals surface area contributed by atoms with Crippen molar-refractivity contribution in [2.24, 2.45) is 0 Å². The normalized spacial score (nSPS) is 10.2. The van der Waals surface area contributed by atoms with Gasteiger partial charge in [-0.3, -0.25) is 14.4 Å². The molecule has 0 fully saturated rings. The number of anilines is 1. The molecule has 1 heterocycles. The molecule has 2 aromatic carbocycles. The lowest BCUT2D eigenvalue weighted by atomic mass is 10.0. The maximum Gasteiger partial charge on any atom is 0.251 e. The maximum atomic E-state index is 12.2. The highest BCUT2D eigenvalue weighted by Gasteiger charge is 2.09. The summed E-state index contributed by atoms with van der Waals surface area (Å²) in [5, 5.41) is 4.98. The maximum absolute atomic E-state index is 12.2. The highest BCUT2D eigenvalue weighted by atomic mass is 16.2. The standard InChI is InChI=1S/C20H17N3O3/c24-18-10-11-21-12-17(18)23-19(25)13-22-20(26)16-8-6-15(7-9-16)14-4-2-1-3-5-14/h1-12H,13H2,(H,21,24)(H,22,26)(H,23,25). The number of carbonyl (C=O) groups excluding carboxylic acids is 2. The van der Waals surface area contributed by atoms with Crippen LogP contribution < -0.4 is 16.1 Å². The molecule has 0 aliphatic heterocycles. The van der Waals surface area contributed by atoms with Gasteiger partial charge in [-0.05, 0) is 23.3 Å². The van der Waals surface area contributed by atoms with Gasteiger partial charge in [0.1, 0.15) is 5.69 Å². The topological polar surface area (TPSA) is 91.1 Å². The van der Waals surface area contributed by atoms with Crippen molar-refractivity contribution in [1.82, 2.24) is 10.3 Å². The molecule has 6 nitrogen and oxygen atoms in total. The monoisotopic (exact) mass is 347 g/mol. The summed E-state index contributed by atoms with van der Waals surface area (Å²) in [6.45, 7) is -0.229. The summed E-state index contributed by atoms with van der Waals surface area (Å²) in [4.78, 5) is 38.3. The third-order valence-electron chi connectivity index (χ3n) is 3.76. The van der Waals surface area contributed by atoms with Crippen molar-refractivity contribution >= 4 is 17.5 Å². The molecular weight excluding hydrogens is 330 g/mol. The van der Waals surface area contributed by atoms with Crippen LogP contribution in [0.2, 0.25) is 0 Å². The number of amides is 2. The Morgan fingerprint density at radius 2 is 1.58 bits per heavy atom. The molecule has 0 bridgehead atoms. The number of aromatic nitrogens is 1. The number of benzene rings is 2. The first-order valence-corrected chi connectivity index (χ1v) is 8.04. The Hall–Kier alpha value is -3.67. The molecule has 0 aliphatic carbocycles. The third kappa shape index (κ3) is 4.24. The molecular formula is C20H17N3O3. The lowest BCUT2D eigenvalue weighted by Gasteiger charge is -2.07. The molecule has 6 heteroatoms. The summed E-state index contributed by atoms with van der Waals surface area (Å²) in [5.74, 6) is -0.835. The van der Waals surface area contributed by atoms with Crippen molar-refractivity contribution in [3.8, 4) is 11.1 Å². The smallest absolute Gasteiger partial charge is 0.251 e. The highest BCUT2D eigenvalue weighted by Crippen LogP contribution is 2.19. The van der Waals surface area contributed by atoms with Gasteiger partial charge in [-0.15, -0.1) is 0 Å². The minimum Gasteiger partial charge on any atom is -0.366 e. The average molecular weight is 347 g/mol. The summed E-state index contributed by atoms with van der Waals surface area (Å²) in [6.07, 6.45) is 2.86. The molecule has 0 aliphatic rings. The van der Waals surface area contributed by atoms with E-state index in [0.717, 1.165) is 11.1 Å². The molecule has 2 amide bonds. The van der Waals surface area contributed by atoms with Gasteiger partial charge in [-0.1, -0.05) is 42.5 Å². The number of rotatable bonds is 5. The number of nitrogens with one attached hydrogen (secondary N) is 3. The van der Waals surface area contributed by atoms with E-state index in [1.807, 2.05) is 42.5 Å². The Labute approximate surface area is 149 Å². The lowest BCUT2D eigenvalue weighted by Crippen LogP contribution is -2.33. The van der Waals surface area contributed by atoms with Crippen molar-refractivity contribution in [1.29, 1.82) is 0 Å². The second kappa shape index (κ2) is 7.94. The molecule has 1 aromatic heterocycles. The predicted molar refractivity (Wildman–Crippen MR) is 99.9 cm³/mol. The van der Waals surface area contributed by atoms with Crippen LogP contribution in [0, 0.1) is 0 Å². The zero-order chi connectivity index (χ0) is 18.4. The van der Waals surface area contributed by atoms with Crippen LogP contribution in [-0.4, -0.2) is 23.3 Å². The van der Waals surface area contributed by atoms with Gasteiger partial charge in [0.05, 0.1) is 6.54 Å². The van der Waals surface area contributed by atoms with E-state index in [0.29, 0.717) is 5.56 Å². The van der Waals surface area contributed by atoms with Gasteiger partial charge in [0.2, 0.25) is 11.3 Å². The van der Waals surface area contributed by atoms with E-state index in [4.69, 9.17) is 0 Å². The number of pyridine rings is 1. The Morgan fingerprint density at radius 1 is 0.885 bits per heavy atom. The summed E-state index contributed by atoms with van der Waals surface area (Å²) in [6, 6.07) is 18.3. The minimum atomic E-state index is -0.476. The van der Waals surface area contributed by atoms with Gasteiger partial charge in [0.15, 0.2) is 0 Å². The van der Waals surface area contributed by atoms with E-state index in [-0.39, 0.29) is 23.6 Å². The third-order valence-corrected chi connectivity index (χ3v) is 3.76. The Bertz CT molecular complexity index is 963. The van der Waals surface area contributed by atoms with Crippen LogP contribution in [0.4, 0.5) is 5.69 Å². The molecule has 0 unspecified atom stereocenters. The van der Waals surface area contributed by atoms with Crippen LogP contribution >= 0.6 is 0 Å². The fraction of sp³-hybridized carbons (Fsp3) is 0.0500. The van der Waals surface area contributed by atoms with Crippen molar-refractivity contribution in [3.05, 3.63) is 88.8 Å². The van der Waals surface area contributed by atoms with Crippen LogP contribution in [0.1, 0.15) is 10.4 Å². The largest absolute Gasteiger partial charge is 0.366 e. The average Bonchev–Trinajstić information content (AvgIpc) is 2.69. The molecule has 0 spiro atoms. The van der Waals surface area contributed by atoms with Gasteiger partial charge in [-0.25, -0.2) is 0 Å². The van der Waals surface area contributed by atoms with E-state index < -0.39 is 5.91 Å². The summed E-state index contributed by atoms with van der Waals surface area (Å²) < 4.78 is 0. The molecule has 130 valence electrons. The minimum absolute atomic E-state index is 0.138.